The quantitative estimate of drug-likeness (QED) is 0.467. The summed E-state index contributed by atoms with van der Waals surface area (Å²) in [4.78, 5) is 35.1. The van der Waals surface area contributed by atoms with E-state index in [4.69, 9.17) is 4.74 Å². The lowest BCUT2D eigenvalue weighted by Gasteiger charge is -2.27. The zero-order valence-corrected chi connectivity index (χ0v) is 18.6. The first-order valence-corrected chi connectivity index (χ1v) is 11.1. The summed E-state index contributed by atoms with van der Waals surface area (Å²) < 4.78 is 10.9. The highest BCUT2D eigenvalue weighted by atomic mass is 16.5. The first-order chi connectivity index (χ1) is 15.5. The summed E-state index contributed by atoms with van der Waals surface area (Å²) in [5.41, 5.74) is 2.95. The van der Waals surface area contributed by atoms with Gasteiger partial charge in [-0.05, 0) is 37.0 Å². The van der Waals surface area contributed by atoms with Gasteiger partial charge < -0.3 is 9.30 Å². The normalized spacial score (nSPS) is 14.5. The molecule has 0 radical (unpaired) electrons. The van der Waals surface area contributed by atoms with E-state index in [1.165, 1.54) is 0 Å². The molecule has 1 aliphatic heterocycles. The Morgan fingerprint density at radius 3 is 2.62 bits per heavy atom. The van der Waals surface area contributed by atoms with Crippen molar-refractivity contribution in [1.29, 1.82) is 0 Å². The fourth-order valence-electron chi connectivity index (χ4n) is 4.43. The average molecular weight is 434 g/mol. The Morgan fingerprint density at radius 1 is 1.09 bits per heavy atom. The second kappa shape index (κ2) is 8.02. The van der Waals surface area contributed by atoms with Gasteiger partial charge in [0.05, 0.1) is 53.9 Å². The summed E-state index contributed by atoms with van der Waals surface area (Å²) >= 11 is 0. The van der Waals surface area contributed by atoms with E-state index < -0.39 is 0 Å². The van der Waals surface area contributed by atoms with Crippen LogP contribution < -0.4 is 11.2 Å². The SMILES string of the molecule is Cc1cccc2c1c(=O)nc(Cn1c(=O)n(C3COC3)c3ccncc31)n2CCC(C)C. The number of aromatic nitrogens is 5. The molecule has 3 aromatic heterocycles. The molecule has 0 aliphatic carbocycles. The topological polar surface area (TPSA) is 83.9 Å². The minimum Gasteiger partial charge on any atom is -0.377 e. The lowest BCUT2D eigenvalue weighted by Crippen LogP contribution is -2.38. The number of pyridine rings is 1. The molecular formula is C24H27N5O3. The maximum absolute atomic E-state index is 13.4. The summed E-state index contributed by atoms with van der Waals surface area (Å²) in [6.07, 6.45) is 4.34. The average Bonchev–Trinajstić information content (AvgIpc) is 2.98. The van der Waals surface area contributed by atoms with Gasteiger partial charge in [-0.1, -0.05) is 26.0 Å². The van der Waals surface area contributed by atoms with Crippen molar-refractivity contribution in [2.75, 3.05) is 13.2 Å². The zero-order valence-electron chi connectivity index (χ0n) is 18.6. The molecule has 1 fully saturated rings. The Labute approximate surface area is 185 Å². The fraction of sp³-hybridized carbons (Fsp3) is 0.417. The lowest BCUT2D eigenvalue weighted by molar-refractivity contribution is -0.0231. The molecule has 8 nitrogen and oxygen atoms in total. The Balaban J connectivity index is 1.70. The van der Waals surface area contributed by atoms with Gasteiger partial charge in [0.25, 0.3) is 5.56 Å². The maximum atomic E-state index is 13.4. The Bertz CT molecular complexity index is 1430. The molecule has 0 atom stereocenters. The number of hydrogen-bond donors (Lipinski definition) is 0. The predicted octanol–water partition coefficient (Wildman–Crippen LogP) is 2.88. The van der Waals surface area contributed by atoms with Crippen molar-refractivity contribution in [3.8, 4) is 0 Å². The molecule has 0 unspecified atom stereocenters. The minimum absolute atomic E-state index is 0.0176. The number of hydrogen-bond acceptors (Lipinski definition) is 5. The molecule has 0 saturated carbocycles. The van der Waals surface area contributed by atoms with Gasteiger partial charge in [0.1, 0.15) is 5.82 Å². The van der Waals surface area contributed by atoms with Crippen LogP contribution >= 0.6 is 0 Å². The molecule has 8 heteroatoms. The van der Waals surface area contributed by atoms with Gasteiger partial charge in [-0.15, -0.1) is 0 Å². The largest absolute Gasteiger partial charge is 0.377 e. The third-order valence-corrected chi connectivity index (χ3v) is 6.28. The summed E-state index contributed by atoms with van der Waals surface area (Å²) in [5, 5.41) is 0.642. The van der Waals surface area contributed by atoms with E-state index in [1.54, 1.807) is 21.5 Å². The van der Waals surface area contributed by atoms with Crippen LogP contribution in [0.4, 0.5) is 0 Å². The molecule has 0 bridgehead atoms. The number of ether oxygens (including phenoxy) is 1. The Kier molecular flexibility index (Phi) is 5.17. The molecule has 0 amide bonds. The van der Waals surface area contributed by atoms with Crippen LogP contribution in [-0.4, -0.2) is 36.9 Å². The molecule has 5 rings (SSSR count). The van der Waals surface area contributed by atoms with Crippen LogP contribution in [0.1, 0.15) is 37.7 Å². The molecule has 4 aromatic rings. The highest BCUT2D eigenvalue weighted by Gasteiger charge is 2.27. The van der Waals surface area contributed by atoms with E-state index >= 15 is 0 Å². The molecule has 4 heterocycles. The van der Waals surface area contributed by atoms with Gasteiger partial charge in [-0.25, -0.2) is 4.79 Å². The molecule has 166 valence electrons. The van der Waals surface area contributed by atoms with Gasteiger partial charge in [-0.3, -0.25) is 18.9 Å². The maximum Gasteiger partial charge on any atom is 0.329 e. The van der Waals surface area contributed by atoms with E-state index in [0.717, 1.165) is 35.1 Å². The first kappa shape index (κ1) is 20.6. The lowest BCUT2D eigenvalue weighted by atomic mass is 10.1. The van der Waals surface area contributed by atoms with E-state index in [-0.39, 0.29) is 23.8 Å². The van der Waals surface area contributed by atoms with Gasteiger partial charge in [-0.2, -0.15) is 4.98 Å². The molecule has 1 aliphatic rings. The number of benzene rings is 1. The van der Waals surface area contributed by atoms with Crippen molar-refractivity contribution in [1.82, 2.24) is 23.7 Å². The third kappa shape index (κ3) is 3.35. The van der Waals surface area contributed by atoms with Crippen LogP contribution in [0.5, 0.6) is 0 Å². The van der Waals surface area contributed by atoms with Crippen LogP contribution in [0.25, 0.3) is 21.9 Å². The highest BCUT2D eigenvalue weighted by Crippen LogP contribution is 2.23. The Morgan fingerprint density at radius 2 is 1.91 bits per heavy atom. The molecule has 32 heavy (non-hydrogen) atoms. The summed E-state index contributed by atoms with van der Waals surface area (Å²) in [5.74, 6) is 1.08. The van der Waals surface area contributed by atoms with Crippen LogP contribution in [0.3, 0.4) is 0 Å². The van der Waals surface area contributed by atoms with E-state index in [2.05, 4.69) is 28.4 Å². The third-order valence-electron chi connectivity index (χ3n) is 6.28. The number of nitrogens with zero attached hydrogens (tertiary/aromatic N) is 5. The van der Waals surface area contributed by atoms with Crippen molar-refractivity contribution >= 4 is 21.9 Å². The van der Waals surface area contributed by atoms with Crippen molar-refractivity contribution in [3.63, 3.8) is 0 Å². The van der Waals surface area contributed by atoms with Crippen LogP contribution in [0.2, 0.25) is 0 Å². The fourth-order valence-corrected chi connectivity index (χ4v) is 4.43. The summed E-state index contributed by atoms with van der Waals surface area (Å²) in [6.45, 7) is 8.26. The van der Waals surface area contributed by atoms with E-state index in [1.807, 2.05) is 31.2 Å². The standard InChI is InChI=1S/C24H27N5O3/c1-15(2)8-10-27-19-6-4-5-16(3)22(19)23(30)26-21(27)12-28-20-11-25-9-7-18(20)29(24(28)31)17-13-32-14-17/h4-7,9,11,15,17H,8,10,12-14H2,1-3H3. The monoisotopic (exact) mass is 433 g/mol. The van der Waals surface area contributed by atoms with Gasteiger partial charge in [0.15, 0.2) is 0 Å². The second-order valence-corrected chi connectivity index (χ2v) is 8.93. The van der Waals surface area contributed by atoms with Crippen molar-refractivity contribution < 1.29 is 4.74 Å². The minimum atomic E-state index is -0.254. The predicted molar refractivity (Wildman–Crippen MR) is 123 cm³/mol. The molecule has 1 saturated heterocycles. The molecule has 1 aromatic carbocycles. The molecule has 0 N–H and O–H groups in total. The van der Waals surface area contributed by atoms with Gasteiger partial charge in [0, 0.05) is 12.7 Å². The number of rotatable bonds is 6. The Hall–Kier alpha value is -3.26. The van der Waals surface area contributed by atoms with E-state index in [0.29, 0.717) is 30.3 Å². The number of imidazole rings is 1. The molecular weight excluding hydrogens is 406 g/mol. The van der Waals surface area contributed by atoms with Gasteiger partial charge >= 0.3 is 5.69 Å². The summed E-state index contributed by atoms with van der Waals surface area (Å²) in [7, 11) is 0. The summed E-state index contributed by atoms with van der Waals surface area (Å²) in [6, 6.07) is 7.74. The van der Waals surface area contributed by atoms with Crippen molar-refractivity contribution in [3.05, 3.63) is 68.9 Å². The second-order valence-electron chi connectivity index (χ2n) is 8.93. The van der Waals surface area contributed by atoms with Crippen LogP contribution in [0.15, 0.2) is 46.2 Å². The van der Waals surface area contributed by atoms with Crippen LogP contribution in [-0.2, 0) is 17.8 Å². The molecule has 0 spiro atoms. The first-order valence-electron chi connectivity index (χ1n) is 11.1. The van der Waals surface area contributed by atoms with E-state index in [9.17, 15) is 9.59 Å². The smallest absolute Gasteiger partial charge is 0.329 e. The number of fused-ring (bicyclic) bond motifs is 2. The van der Waals surface area contributed by atoms with Crippen molar-refractivity contribution in [2.24, 2.45) is 5.92 Å². The van der Waals surface area contributed by atoms with Crippen molar-refractivity contribution in [2.45, 2.75) is 46.3 Å². The highest BCUT2D eigenvalue weighted by molar-refractivity contribution is 5.81. The zero-order chi connectivity index (χ0) is 22.4. The number of aryl methyl sites for hydroxylation is 2. The van der Waals surface area contributed by atoms with Crippen LogP contribution in [0, 0.1) is 12.8 Å². The van der Waals surface area contributed by atoms with Gasteiger partial charge in [0.2, 0.25) is 0 Å².